The highest BCUT2D eigenvalue weighted by Crippen LogP contribution is 2.51. The number of rotatable bonds is 2. The normalized spacial score (nSPS) is 35.6. The number of nitriles is 1. The molecule has 12 nitrogen and oxygen atoms in total. The van der Waals surface area contributed by atoms with Crippen LogP contribution in [0.5, 0.6) is 0 Å². The topological polar surface area (TPSA) is 162 Å². The summed E-state index contributed by atoms with van der Waals surface area (Å²) in [5.41, 5.74) is -3.72. The quantitative estimate of drug-likeness (QED) is 0.347. The highest BCUT2D eigenvalue weighted by molar-refractivity contribution is 7.94. The van der Waals surface area contributed by atoms with Gasteiger partial charge >= 0.3 is 12.4 Å². The molecular formula is C30H26F6N4O8S2. The summed E-state index contributed by atoms with van der Waals surface area (Å²) in [6.45, 7) is 6.77. The van der Waals surface area contributed by atoms with Crippen LogP contribution >= 0.6 is 0 Å². The Morgan fingerprint density at radius 1 is 0.780 bits per heavy atom. The maximum absolute atomic E-state index is 13.1. The van der Waals surface area contributed by atoms with Crippen molar-refractivity contribution in [2.24, 2.45) is 11.8 Å². The van der Waals surface area contributed by atoms with E-state index in [0.29, 0.717) is 12.1 Å². The Morgan fingerprint density at radius 2 is 1.22 bits per heavy atom. The Labute approximate surface area is 281 Å². The summed E-state index contributed by atoms with van der Waals surface area (Å²) in [6.07, 6.45) is -13.1. The van der Waals surface area contributed by atoms with Gasteiger partial charge in [-0.05, 0) is 30.3 Å². The maximum atomic E-state index is 13.1. The summed E-state index contributed by atoms with van der Waals surface area (Å²) in [5, 5.41) is 26.9. The molecule has 8 rings (SSSR count). The van der Waals surface area contributed by atoms with Crippen molar-refractivity contribution < 1.29 is 62.9 Å². The van der Waals surface area contributed by atoms with Gasteiger partial charge in [0.2, 0.25) is 20.0 Å². The first-order valence-corrected chi connectivity index (χ1v) is 18.2. The molecule has 6 aliphatic heterocycles. The van der Waals surface area contributed by atoms with Gasteiger partial charge in [-0.15, -0.1) is 0 Å². The Hall–Kier alpha value is -3.66. The molecule has 2 N–H and O–H groups in total. The molecule has 0 amide bonds. The lowest BCUT2D eigenvalue weighted by Crippen LogP contribution is -2.40. The van der Waals surface area contributed by atoms with Gasteiger partial charge in [-0.3, -0.25) is 8.61 Å². The molecule has 0 saturated carbocycles. The second-order valence-electron chi connectivity index (χ2n) is 12.9. The second-order valence-corrected chi connectivity index (χ2v) is 17.0. The molecule has 0 aliphatic carbocycles. The molecule has 6 saturated heterocycles. The SMILES string of the molecule is N#Cc1ccc(N2C[C@@H]3[C@@H]4O[C@@H](C[C@@H]4O)[C@@H]3S2(=O)=O)cc1C(F)(F)F.[C-]#[N+]c1ccc(N2C[C@H]3[C@H]4O[C@H](C[C@H]4O)[C@H]3S2(=O)=O)cc1C(F)(F)F. The van der Waals surface area contributed by atoms with Crippen molar-refractivity contribution in [1.82, 2.24) is 0 Å². The van der Waals surface area contributed by atoms with E-state index < -0.39 is 114 Å². The van der Waals surface area contributed by atoms with E-state index in [1.807, 2.05) is 0 Å². The largest absolute Gasteiger partial charge is 0.417 e. The van der Waals surface area contributed by atoms with Crippen molar-refractivity contribution in [3.63, 3.8) is 0 Å². The van der Waals surface area contributed by atoms with E-state index in [1.165, 1.54) is 18.2 Å². The smallest absolute Gasteiger partial charge is 0.390 e. The molecule has 268 valence electrons. The molecule has 6 heterocycles. The first-order chi connectivity index (χ1) is 23.3. The predicted octanol–water partition coefficient (Wildman–Crippen LogP) is 3.17. The zero-order valence-corrected chi connectivity index (χ0v) is 26.9. The lowest BCUT2D eigenvalue weighted by Gasteiger charge is -2.22. The zero-order chi connectivity index (χ0) is 36.3. The van der Waals surface area contributed by atoms with E-state index in [2.05, 4.69) is 4.85 Å². The Morgan fingerprint density at radius 3 is 1.64 bits per heavy atom. The molecule has 0 radical (unpaired) electrons. The van der Waals surface area contributed by atoms with Crippen LogP contribution in [-0.2, 0) is 41.9 Å². The average molecular weight is 749 g/mol. The van der Waals surface area contributed by atoms with Crippen molar-refractivity contribution in [1.29, 1.82) is 5.26 Å². The number of nitrogens with zero attached hydrogens (tertiary/aromatic N) is 4. The van der Waals surface area contributed by atoms with Crippen LogP contribution in [0.3, 0.4) is 0 Å². The van der Waals surface area contributed by atoms with Crippen molar-refractivity contribution in [3.05, 3.63) is 64.5 Å². The van der Waals surface area contributed by atoms with E-state index in [0.717, 1.165) is 20.7 Å². The van der Waals surface area contributed by atoms with Crippen molar-refractivity contribution in [2.45, 2.75) is 72.3 Å². The highest BCUT2D eigenvalue weighted by Gasteiger charge is 2.65. The van der Waals surface area contributed by atoms with Gasteiger partial charge in [0.1, 0.15) is 10.5 Å². The third-order valence-corrected chi connectivity index (χ3v) is 14.9. The lowest BCUT2D eigenvalue weighted by atomic mass is 9.87. The van der Waals surface area contributed by atoms with Crippen molar-refractivity contribution >= 4 is 37.1 Å². The summed E-state index contributed by atoms with van der Waals surface area (Å²) >= 11 is 0. The standard InChI is InChI=1S/2C15H13F3N2O4S/c1-19-10-3-2-7(4-9(10)15(16,17)18)20-6-8-13-11(21)5-12(24-13)14(8)25(20,22)23;16-15(17,18)10-3-8(2-1-7(10)5-19)20-6-9-13-11(21)4-12(24-13)14(9)25(20,22)23/h2-4,8,11-14,21H,5-6H2;1-3,9,11-14,21H,4,6H2/t8-,11+,12+,13+,14-;9-,11+,12+,13+,14-/m01/s1. The maximum Gasteiger partial charge on any atom is 0.417 e. The summed E-state index contributed by atoms with van der Waals surface area (Å²) in [7, 11) is -7.81. The second kappa shape index (κ2) is 11.4. The van der Waals surface area contributed by atoms with E-state index in [4.69, 9.17) is 21.3 Å². The fraction of sp³-hybridized carbons (Fsp3) is 0.533. The summed E-state index contributed by atoms with van der Waals surface area (Å²) < 4.78 is 143. The van der Waals surface area contributed by atoms with E-state index in [1.54, 1.807) is 0 Å². The molecule has 2 aromatic carbocycles. The number of halogens is 6. The summed E-state index contributed by atoms with van der Waals surface area (Å²) in [6, 6.07) is 7.22. The van der Waals surface area contributed by atoms with Crippen molar-refractivity contribution in [2.75, 3.05) is 21.7 Å². The Kier molecular flexibility index (Phi) is 7.94. The zero-order valence-electron chi connectivity index (χ0n) is 25.3. The van der Waals surface area contributed by atoms with Gasteiger partial charge in [0.15, 0.2) is 5.69 Å². The van der Waals surface area contributed by atoms with Gasteiger partial charge in [0.25, 0.3) is 0 Å². The highest BCUT2D eigenvalue weighted by atomic mass is 32.2. The van der Waals surface area contributed by atoms with Crippen LogP contribution in [0.25, 0.3) is 4.85 Å². The number of hydrogen-bond donors (Lipinski definition) is 2. The Balaban J connectivity index is 0.000000157. The van der Waals surface area contributed by atoms with Crippen LogP contribution < -0.4 is 8.61 Å². The van der Waals surface area contributed by atoms with E-state index in [9.17, 15) is 53.4 Å². The fourth-order valence-electron chi connectivity index (χ4n) is 8.21. The molecule has 20 heteroatoms. The number of alkyl halides is 6. The van der Waals surface area contributed by atoms with Gasteiger partial charge in [-0.2, -0.15) is 31.6 Å². The molecule has 0 spiro atoms. The first-order valence-electron chi connectivity index (χ1n) is 15.2. The Bertz CT molecular complexity index is 1900. The number of fused-ring (bicyclic) bond motifs is 10. The van der Waals surface area contributed by atoms with E-state index in [-0.39, 0.29) is 37.3 Å². The van der Waals surface area contributed by atoms with Crippen LogP contribution in [-0.4, -0.2) is 87.3 Å². The van der Waals surface area contributed by atoms with Crippen LogP contribution in [0.4, 0.5) is 43.4 Å². The molecule has 6 aliphatic rings. The minimum absolute atomic E-state index is 0.0418. The van der Waals surface area contributed by atoms with Crippen LogP contribution in [0, 0.1) is 29.7 Å². The van der Waals surface area contributed by atoms with Gasteiger partial charge in [-0.1, -0.05) is 6.07 Å². The van der Waals surface area contributed by atoms with Crippen LogP contribution in [0.2, 0.25) is 0 Å². The van der Waals surface area contributed by atoms with Gasteiger partial charge in [0.05, 0.1) is 71.6 Å². The molecule has 6 fully saturated rings. The summed E-state index contributed by atoms with van der Waals surface area (Å²) in [5.74, 6) is -0.961. The monoisotopic (exact) mass is 748 g/mol. The molecule has 10 atom stereocenters. The predicted molar refractivity (Wildman–Crippen MR) is 160 cm³/mol. The molecule has 4 bridgehead atoms. The number of ether oxygens (including phenoxy) is 2. The molecule has 0 aromatic heterocycles. The minimum Gasteiger partial charge on any atom is -0.390 e. The number of benzene rings is 2. The molecule has 0 unspecified atom stereocenters. The minimum atomic E-state index is -4.77. The third kappa shape index (κ3) is 5.22. The molecule has 2 aromatic rings. The van der Waals surface area contributed by atoms with Crippen LogP contribution in [0.15, 0.2) is 36.4 Å². The van der Waals surface area contributed by atoms with Gasteiger partial charge < -0.3 is 19.7 Å². The lowest BCUT2D eigenvalue weighted by molar-refractivity contribution is -0.138. The number of aliphatic hydroxyl groups excluding tert-OH is 2. The van der Waals surface area contributed by atoms with Crippen LogP contribution in [0.1, 0.15) is 29.5 Å². The van der Waals surface area contributed by atoms with Crippen molar-refractivity contribution in [3.8, 4) is 6.07 Å². The number of anilines is 2. The summed E-state index contributed by atoms with van der Waals surface area (Å²) in [4.78, 5) is 2.85. The fourth-order valence-corrected chi connectivity index (χ4v) is 12.9. The van der Waals surface area contributed by atoms with Gasteiger partial charge in [0, 0.05) is 43.5 Å². The number of aliphatic hydroxyl groups is 2. The first kappa shape index (κ1) is 34.8. The molecular weight excluding hydrogens is 722 g/mol. The number of hydrogen-bond acceptors (Lipinski definition) is 9. The van der Waals surface area contributed by atoms with E-state index >= 15 is 0 Å². The third-order valence-electron chi connectivity index (χ3n) is 10.3. The average Bonchev–Trinajstić information content (AvgIpc) is 3.86. The van der Waals surface area contributed by atoms with Gasteiger partial charge in [-0.25, -0.2) is 21.7 Å². The molecule has 50 heavy (non-hydrogen) atoms. The number of sulfonamides is 2.